The van der Waals surface area contributed by atoms with Crippen molar-refractivity contribution in [2.75, 3.05) is 23.7 Å². The van der Waals surface area contributed by atoms with Gasteiger partial charge >= 0.3 is 0 Å². The zero-order valence-electron chi connectivity index (χ0n) is 30.5. The van der Waals surface area contributed by atoms with Crippen LogP contribution in [-0.4, -0.2) is 68.0 Å². The van der Waals surface area contributed by atoms with Gasteiger partial charge < -0.3 is 14.0 Å². The molecule has 0 saturated heterocycles. The van der Waals surface area contributed by atoms with Crippen molar-refractivity contribution < 1.29 is 43.5 Å². The molecule has 2 aliphatic rings. The van der Waals surface area contributed by atoms with Gasteiger partial charge in [-0.15, -0.1) is 0 Å². The molecule has 0 fully saturated rings. The van der Waals surface area contributed by atoms with E-state index in [4.69, 9.17) is 0 Å². The molecule has 284 valence electrons. The first-order chi connectivity index (χ1) is 25.2. The molecule has 0 saturated carbocycles. The fourth-order valence-corrected chi connectivity index (χ4v) is 9.28. The van der Waals surface area contributed by atoms with Crippen LogP contribution in [0.4, 0.5) is 11.4 Å². The van der Waals surface area contributed by atoms with Crippen molar-refractivity contribution in [2.45, 2.75) is 61.7 Å². The van der Waals surface area contributed by atoms with Crippen molar-refractivity contribution in [3.05, 3.63) is 120 Å². The summed E-state index contributed by atoms with van der Waals surface area (Å²) in [6.45, 7) is 11.0. The molecule has 4 aromatic carbocycles. The van der Waals surface area contributed by atoms with E-state index in [1.54, 1.807) is 29.2 Å². The Bertz CT molecular complexity index is 2710. The normalized spacial score (nSPS) is 18.0. The summed E-state index contributed by atoms with van der Waals surface area (Å²) in [5, 5.41) is 2.88. The Kier molecular flexibility index (Phi) is 10.2. The number of allylic oxidation sites excluding steroid dienone is 8. The average molecular weight is 790 g/mol. The molecule has 2 heterocycles. The number of benzene rings is 4. The lowest BCUT2D eigenvalue weighted by Gasteiger charge is -2.27. The second kappa shape index (κ2) is 14.0. The van der Waals surface area contributed by atoms with Crippen molar-refractivity contribution in [2.24, 2.45) is 0 Å². The summed E-state index contributed by atoms with van der Waals surface area (Å²) < 4.78 is 106. The number of nitrogens with zero attached hydrogens (tertiary/aromatic N) is 2. The third kappa shape index (κ3) is 7.33. The van der Waals surface area contributed by atoms with E-state index in [0.717, 1.165) is 52.0 Å². The van der Waals surface area contributed by atoms with Crippen LogP contribution in [-0.2, 0) is 41.2 Å². The smallest absolute Gasteiger partial charge is 0.294 e. The van der Waals surface area contributed by atoms with Crippen molar-refractivity contribution in [3.8, 4) is 0 Å². The van der Waals surface area contributed by atoms with E-state index in [9.17, 15) is 38.9 Å². The van der Waals surface area contributed by atoms with E-state index in [1.165, 1.54) is 24.3 Å². The Morgan fingerprint density at radius 1 is 0.741 bits per heavy atom. The lowest BCUT2D eigenvalue weighted by Crippen LogP contribution is -2.30. The van der Waals surface area contributed by atoms with Gasteiger partial charge in [0, 0.05) is 47.5 Å². The number of anilines is 1. The average Bonchev–Trinajstić information content (AvgIpc) is 3.43. The second-order valence-electron chi connectivity index (χ2n) is 14.5. The maximum absolute atomic E-state index is 11.8. The van der Waals surface area contributed by atoms with Crippen LogP contribution in [0, 0.1) is 0 Å². The van der Waals surface area contributed by atoms with Crippen molar-refractivity contribution >= 4 is 69.0 Å². The molecule has 0 unspecified atom stereocenters. The first-order valence-electron chi connectivity index (χ1n) is 17.3. The van der Waals surface area contributed by atoms with Gasteiger partial charge in [-0.3, -0.25) is 4.55 Å². The number of fused-ring (bicyclic) bond motifs is 6. The van der Waals surface area contributed by atoms with Crippen LogP contribution >= 0.6 is 0 Å². The zero-order chi connectivity index (χ0) is 39.4. The largest absolute Gasteiger partial charge is 0.748 e. The van der Waals surface area contributed by atoms with Crippen molar-refractivity contribution in [3.63, 3.8) is 0 Å². The third-order valence-electron chi connectivity index (χ3n) is 10.2. The van der Waals surface area contributed by atoms with Gasteiger partial charge in [-0.25, -0.2) is 16.8 Å². The van der Waals surface area contributed by atoms with Crippen LogP contribution < -0.4 is 4.90 Å². The predicted molar refractivity (Wildman–Crippen MR) is 209 cm³/mol. The lowest BCUT2D eigenvalue weighted by atomic mass is 9.79. The minimum absolute atomic E-state index is 0.0823. The molecule has 0 radical (unpaired) electrons. The Labute approximate surface area is 316 Å². The fourth-order valence-electron chi connectivity index (χ4n) is 7.85. The second-order valence-corrected chi connectivity index (χ2v) is 18.8. The molecule has 0 aromatic heterocycles. The van der Waals surface area contributed by atoms with E-state index in [1.807, 2.05) is 62.4 Å². The molecule has 4 aromatic rings. The molecular formula is C40H41N2O9S3-. The maximum Gasteiger partial charge on any atom is 0.294 e. The summed E-state index contributed by atoms with van der Waals surface area (Å²) in [4.78, 5) is 1.30. The number of rotatable bonds is 11. The van der Waals surface area contributed by atoms with E-state index in [2.05, 4.69) is 31.4 Å². The van der Waals surface area contributed by atoms with E-state index >= 15 is 0 Å². The van der Waals surface area contributed by atoms with E-state index in [0.29, 0.717) is 16.5 Å². The van der Waals surface area contributed by atoms with Gasteiger partial charge in [0.05, 0.1) is 31.1 Å². The molecular weight excluding hydrogens is 749 g/mol. The minimum atomic E-state index is -4.67. The van der Waals surface area contributed by atoms with Gasteiger partial charge in [0.2, 0.25) is 5.69 Å². The summed E-state index contributed by atoms with van der Waals surface area (Å²) in [5.74, 6) is -0.616. The molecule has 2 aliphatic heterocycles. The highest BCUT2D eigenvalue weighted by molar-refractivity contribution is 7.86. The van der Waals surface area contributed by atoms with Gasteiger partial charge in [0.15, 0.2) is 5.71 Å². The molecule has 1 N–H and O–H groups in total. The van der Waals surface area contributed by atoms with Crippen molar-refractivity contribution in [1.82, 2.24) is 0 Å². The van der Waals surface area contributed by atoms with Crippen LogP contribution in [0.5, 0.6) is 0 Å². The number of hydrogen-bond acceptors (Lipinski definition) is 9. The first-order valence-corrected chi connectivity index (χ1v) is 21.7. The Morgan fingerprint density at radius 2 is 1.33 bits per heavy atom. The Morgan fingerprint density at radius 3 is 1.96 bits per heavy atom. The first kappa shape index (κ1) is 39.3. The molecule has 14 heteroatoms. The Balaban J connectivity index is 1.30. The fraction of sp³-hybridized carbons (Fsp3) is 0.275. The Hall–Kier alpha value is -4.44. The molecule has 0 aliphatic carbocycles. The molecule has 0 atom stereocenters. The van der Waals surface area contributed by atoms with Gasteiger partial charge in [-0.2, -0.15) is 13.0 Å². The maximum atomic E-state index is 11.8. The van der Waals surface area contributed by atoms with Crippen LogP contribution in [0.1, 0.15) is 52.2 Å². The van der Waals surface area contributed by atoms with E-state index < -0.39 is 46.9 Å². The minimum Gasteiger partial charge on any atom is -0.748 e. The van der Waals surface area contributed by atoms with Crippen molar-refractivity contribution in [1.29, 1.82) is 0 Å². The summed E-state index contributed by atoms with van der Waals surface area (Å²) in [7, 11) is -13.5. The topological polar surface area (TPSA) is 175 Å². The van der Waals surface area contributed by atoms with Crippen LogP contribution in [0.25, 0.3) is 21.5 Å². The molecule has 0 amide bonds. The molecule has 0 bridgehead atoms. The highest BCUT2D eigenvalue weighted by Gasteiger charge is 2.45. The molecule has 0 spiro atoms. The highest BCUT2D eigenvalue weighted by Crippen LogP contribution is 2.51. The number of hydrogen-bond donors (Lipinski definition) is 1. The van der Waals surface area contributed by atoms with E-state index in [-0.39, 0.29) is 16.3 Å². The standard InChI is InChI=1S/C40H42N2O9S3/c1-6-22-41-33-20-14-27-25-29(53(46,47)48)16-18-31(27)37(33)39(2,3)35(41)12-10-8-7-9-11-13-36-40(4,5)38-32-19-17-30(54(49,50)51)26-28(32)15-21-34(38)42(36)23-24-52(43,44)45/h7-21,25-26H,6,22-24H2,1-5H3,(H2-,43,44,45,46,47,48,49,50,51)/p-1. The predicted octanol–water partition coefficient (Wildman–Crippen LogP) is 6.83. The summed E-state index contributed by atoms with van der Waals surface area (Å²) in [6, 6.07) is 16.1. The third-order valence-corrected chi connectivity index (χ3v) is 12.5. The molecule has 6 rings (SSSR count). The SMILES string of the molecule is CCC[N+]1=C(/C=C/C=C/C=C/C=C2\N(CCS(=O)(=O)[O-])c3ccc4cc(S(=O)(=O)[O-])ccc4c3C2(C)C)C(C)(C)c2c1ccc1cc(S(=O)(=O)O)ccc21. The highest BCUT2D eigenvalue weighted by atomic mass is 32.2. The quantitative estimate of drug-likeness (QED) is 0.0964. The van der Waals surface area contributed by atoms with Crippen LogP contribution in [0.3, 0.4) is 0 Å². The lowest BCUT2D eigenvalue weighted by molar-refractivity contribution is -0.437. The molecule has 11 nitrogen and oxygen atoms in total. The van der Waals surface area contributed by atoms with Gasteiger partial charge in [0.25, 0.3) is 10.1 Å². The van der Waals surface area contributed by atoms with Gasteiger partial charge in [-0.05, 0) is 83.4 Å². The monoisotopic (exact) mass is 789 g/mol. The van der Waals surface area contributed by atoms with Crippen LogP contribution in [0.2, 0.25) is 0 Å². The van der Waals surface area contributed by atoms with Gasteiger partial charge in [-0.1, -0.05) is 69.4 Å². The zero-order valence-corrected chi connectivity index (χ0v) is 32.9. The van der Waals surface area contributed by atoms with Gasteiger partial charge in [0.1, 0.15) is 16.7 Å². The molecule has 54 heavy (non-hydrogen) atoms. The summed E-state index contributed by atoms with van der Waals surface area (Å²) >= 11 is 0. The summed E-state index contributed by atoms with van der Waals surface area (Å²) in [5.41, 5.74) is 4.32. The summed E-state index contributed by atoms with van der Waals surface area (Å²) in [6.07, 6.45) is 14.2. The van der Waals surface area contributed by atoms with Crippen LogP contribution in [0.15, 0.2) is 119 Å².